The molecule has 1 fully saturated rings. The molecule has 0 saturated carbocycles. The number of benzene rings is 1. The Bertz CT molecular complexity index is 823. The number of carbonyl (C=O) groups is 1. The molecule has 0 aliphatic carbocycles. The van der Waals surface area contributed by atoms with Crippen molar-refractivity contribution in [2.75, 3.05) is 21.3 Å². The number of nitrogens with zero attached hydrogens (tertiary/aromatic N) is 3. The fraction of sp³-hybridized carbons (Fsp3) is 0.474. The van der Waals surface area contributed by atoms with E-state index in [-0.39, 0.29) is 18.0 Å². The second kappa shape index (κ2) is 8.19. The average molecular weight is 393 g/mol. The third-order valence-electron chi connectivity index (χ3n) is 5.13. The standard InChI is InChI=1S/C19H25ClN4O3/c1-23-18(25)6-5-14(19(23)15-7-8-22-24(15)2)21-11-12-9-16(26-3)17(27-4)10-13(12)20/h7-10,14,19,21H,5-6,11H2,1-4H3/t14-,19-/m1/s1. The van der Waals surface area contributed by atoms with Gasteiger partial charge < -0.3 is 19.7 Å². The smallest absolute Gasteiger partial charge is 0.222 e. The molecule has 1 aromatic carbocycles. The molecule has 1 amide bonds. The first-order valence-electron chi connectivity index (χ1n) is 8.83. The number of nitrogens with one attached hydrogen (secondary N) is 1. The van der Waals surface area contributed by atoms with Crippen LogP contribution in [0.5, 0.6) is 11.5 Å². The van der Waals surface area contributed by atoms with E-state index in [1.165, 1.54) is 0 Å². The van der Waals surface area contributed by atoms with E-state index in [0.29, 0.717) is 29.5 Å². The number of hydrogen-bond donors (Lipinski definition) is 1. The first kappa shape index (κ1) is 19.5. The molecule has 3 rings (SSSR count). The summed E-state index contributed by atoms with van der Waals surface area (Å²) in [7, 11) is 6.92. The van der Waals surface area contributed by atoms with Gasteiger partial charge in [-0.15, -0.1) is 0 Å². The molecule has 0 bridgehead atoms. The van der Waals surface area contributed by atoms with Crippen LogP contribution in [-0.4, -0.2) is 47.9 Å². The number of hydrogen-bond acceptors (Lipinski definition) is 5. The van der Waals surface area contributed by atoms with Crippen LogP contribution in [0.4, 0.5) is 0 Å². The highest BCUT2D eigenvalue weighted by molar-refractivity contribution is 6.31. The molecular formula is C19H25ClN4O3. The van der Waals surface area contributed by atoms with Crippen molar-refractivity contribution in [1.29, 1.82) is 0 Å². The molecule has 1 aliphatic rings. The summed E-state index contributed by atoms with van der Waals surface area (Å²) in [6.07, 6.45) is 3.02. The van der Waals surface area contributed by atoms with Gasteiger partial charge in [0.25, 0.3) is 0 Å². The molecule has 8 heteroatoms. The fourth-order valence-corrected chi connectivity index (χ4v) is 3.82. The van der Waals surface area contributed by atoms with Gasteiger partial charge >= 0.3 is 0 Å². The largest absolute Gasteiger partial charge is 0.493 e. The summed E-state index contributed by atoms with van der Waals surface area (Å²) in [5.74, 6) is 1.38. The first-order chi connectivity index (χ1) is 13.0. The monoisotopic (exact) mass is 392 g/mol. The van der Waals surface area contributed by atoms with Crippen LogP contribution in [0.15, 0.2) is 24.4 Å². The van der Waals surface area contributed by atoms with Crippen molar-refractivity contribution in [3.05, 3.63) is 40.7 Å². The summed E-state index contributed by atoms with van der Waals surface area (Å²) in [6, 6.07) is 5.60. The molecule has 146 valence electrons. The molecule has 1 saturated heterocycles. The van der Waals surface area contributed by atoms with Crippen molar-refractivity contribution in [2.45, 2.75) is 31.5 Å². The first-order valence-corrected chi connectivity index (χ1v) is 9.21. The van der Waals surface area contributed by atoms with Gasteiger partial charge in [-0.3, -0.25) is 9.48 Å². The van der Waals surface area contributed by atoms with E-state index in [0.717, 1.165) is 17.7 Å². The van der Waals surface area contributed by atoms with Gasteiger partial charge in [0.05, 0.1) is 26.0 Å². The van der Waals surface area contributed by atoms with Crippen LogP contribution in [0, 0.1) is 0 Å². The maximum absolute atomic E-state index is 12.3. The van der Waals surface area contributed by atoms with Gasteiger partial charge in [0.1, 0.15) is 0 Å². The van der Waals surface area contributed by atoms with E-state index in [1.807, 2.05) is 30.9 Å². The second-order valence-corrected chi connectivity index (χ2v) is 7.06. The minimum atomic E-state index is -0.0855. The summed E-state index contributed by atoms with van der Waals surface area (Å²) < 4.78 is 12.5. The molecule has 0 spiro atoms. The van der Waals surface area contributed by atoms with Gasteiger partial charge in [0.2, 0.25) is 5.91 Å². The van der Waals surface area contributed by atoms with Crippen molar-refractivity contribution in [3.8, 4) is 11.5 Å². The van der Waals surface area contributed by atoms with E-state index in [4.69, 9.17) is 21.1 Å². The Morgan fingerprint density at radius 3 is 2.59 bits per heavy atom. The van der Waals surface area contributed by atoms with Gasteiger partial charge in [0, 0.05) is 50.4 Å². The van der Waals surface area contributed by atoms with Crippen LogP contribution in [0.2, 0.25) is 5.02 Å². The van der Waals surface area contributed by atoms with Crippen LogP contribution >= 0.6 is 11.6 Å². The lowest BCUT2D eigenvalue weighted by Gasteiger charge is -2.39. The molecule has 1 aliphatic heterocycles. The Morgan fingerprint density at radius 2 is 1.96 bits per heavy atom. The molecule has 2 atom stereocenters. The predicted octanol–water partition coefficient (Wildman–Crippen LogP) is 2.54. The van der Waals surface area contributed by atoms with Gasteiger partial charge in [-0.2, -0.15) is 5.10 Å². The Morgan fingerprint density at radius 1 is 1.26 bits per heavy atom. The highest BCUT2D eigenvalue weighted by Gasteiger charge is 2.36. The number of piperidine rings is 1. The second-order valence-electron chi connectivity index (χ2n) is 6.65. The number of halogens is 1. The Hall–Kier alpha value is -2.25. The number of likely N-dealkylation sites (tertiary alicyclic amines) is 1. The topological polar surface area (TPSA) is 68.6 Å². The molecule has 2 aromatic rings. The molecule has 2 heterocycles. The molecule has 1 N–H and O–H groups in total. The summed E-state index contributed by atoms with van der Waals surface area (Å²) in [6.45, 7) is 0.556. The lowest BCUT2D eigenvalue weighted by molar-refractivity contribution is -0.136. The normalized spacial score (nSPS) is 20.0. The Kier molecular flexibility index (Phi) is 5.92. The molecule has 1 aromatic heterocycles. The number of amides is 1. The van der Waals surface area contributed by atoms with Crippen LogP contribution in [0.3, 0.4) is 0 Å². The number of likely N-dealkylation sites (N-methyl/N-ethyl adjacent to an activating group) is 1. The van der Waals surface area contributed by atoms with Crippen molar-refractivity contribution >= 4 is 17.5 Å². The van der Waals surface area contributed by atoms with Crippen LogP contribution < -0.4 is 14.8 Å². The number of ether oxygens (including phenoxy) is 2. The summed E-state index contributed by atoms with van der Waals surface area (Å²) in [5, 5.41) is 8.44. The van der Waals surface area contributed by atoms with Gasteiger partial charge in [-0.1, -0.05) is 11.6 Å². The molecule has 0 radical (unpaired) electrons. The SMILES string of the molecule is COc1cc(Cl)c(CN[C@@H]2CCC(=O)N(C)[C@H]2c2ccnn2C)cc1OC. The summed E-state index contributed by atoms with van der Waals surface area (Å²) in [4.78, 5) is 14.1. The van der Waals surface area contributed by atoms with Gasteiger partial charge in [-0.25, -0.2) is 0 Å². The van der Waals surface area contributed by atoms with Gasteiger partial charge in [-0.05, 0) is 24.1 Å². The molecular weight excluding hydrogens is 368 g/mol. The number of aryl methyl sites for hydroxylation is 1. The van der Waals surface area contributed by atoms with Crippen LogP contribution in [-0.2, 0) is 18.4 Å². The van der Waals surface area contributed by atoms with E-state index >= 15 is 0 Å². The van der Waals surface area contributed by atoms with Crippen molar-refractivity contribution in [2.24, 2.45) is 7.05 Å². The van der Waals surface area contributed by atoms with Crippen molar-refractivity contribution in [1.82, 2.24) is 20.0 Å². The summed E-state index contributed by atoms with van der Waals surface area (Å²) in [5.41, 5.74) is 1.92. The van der Waals surface area contributed by atoms with E-state index < -0.39 is 0 Å². The highest BCUT2D eigenvalue weighted by atomic mass is 35.5. The van der Waals surface area contributed by atoms with E-state index in [1.54, 1.807) is 31.4 Å². The predicted molar refractivity (Wildman–Crippen MR) is 103 cm³/mol. The van der Waals surface area contributed by atoms with Crippen LogP contribution in [0.1, 0.15) is 30.1 Å². The number of rotatable bonds is 6. The zero-order valence-corrected chi connectivity index (χ0v) is 16.8. The van der Waals surface area contributed by atoms with Crippen molar-refractivity contribution < 1.29 is 14.3 Å². The lowest BCUT2D eigenvalue weighted by atomic mass is 9.93. The van der Waals surface area contributed by atoms with E-state index in [2.05, 4.69) is 10.4 Å². The fourth-order valence-electron chi connectivity index (χ4n) is 3.60. The maximum Gasteiger partial charge on any atom is 0.222 e. The zero-order chi connectivity index (χ0) is 19.6. The minimum absolute atomic E-state index is 0.0855. The Balaban J connectivity index is 1.82. The summed E-state index contributed by atoms with van der Waals surface area (Å²) >= 11 is 6.41. The Labute approximate surface area is 164 Å². The van der Waals surface area contributed by atoms with Crippen LogP contribution in [0.25, 0.3) is 0 Å². The third kappa shape index (κ3) is 3.89. The minimum Gasteiger partial charge on any atom is -0.493 e. The number of methoxy groups -OCH3 is 2. The van der Waals surface area contributed by atoms with E-state index in [9.17, 15) is 4.79 Å². The third-order valence-corrected chi connectivity index (χ3v) is 5.48. The molecule has 7 nitrogen and oxygen atoms in total. The quantitative estimate of drug-likeness (QED) is 0.818. The molecule has 0 unspecified atom stereocenters. The van der Waals surface area contributed by atoms with Crippen molar-refractivity contribution in [3.63, 3.8) is 0 Å². The lowest BCUT2D eigenvalue weighted by Crippen LogP contribution is -2.49. The molecule has 27 heavy (non-hydrogen) atoms. The highest BCUT2D eigenvalue weighted by Crippen LogP contribution is 2.34. The maximum atomic E-state index is 12.3. The number of aromatic nitrogens is 2. The zero-order valence-electron chi connectivity index (χ0n) is 16.0. The number of carbonyl (C=O) groups excluding carboxylic acids is 1. The average Bonchev–Trinajstić information content (AvgIpc) is 3.08. The van der Waals surface area contributed by atoms with Gasteiger partial charge in [0.15, 0.2) is 11.5 Å².